The molecule has 0 N–H and O–H groups in total. The van der Waals surface area contributed by atoms with E-state index in [9.17, 15) is 0 Å². The average Bonchev–Trinajstić information content (AvgIpc) is 2.55. The van der Waals surface area contributed by atoms with Gasteiger partial charge in [-0.2, -0.15) is 0 Å². The van der Waals surface area contributed by atoms with Crippen LogP contribution in [0.2, 0.25) is 0 Å². The lowest BCUT2D eigenvalue weighted by Crippen LogP contribution is -1.85. The smallest absolute Gasteiger partial charge is 0.160 e. The van der Waals surface area contributed by atoms with E-state index in [4.69, 9.17) is 0 Å². The van der Waals surface area contributed by atoms with E-state index in [1.165, 1.54) is 28.6 Å². The number of halogens is 1. The minimum absolute atomic E-state index is 0.983. The molecule has 1 aromatic heterocycles. The molecule has 1 heterocycles. The highest BCUT2D eigenvalue weighted by molar-refractivity contribution is 9.11. The van der Waals surface area contributed by atoms with Gasteiger partial charge < -0.3 is 0 Å². The molecular formula is C11H12BrNS. The normalized spacial score (nSPS) is 11.0. The molecule has 0 radical (unpaired) electrons. The predicted octanol–water partition coefficient (Wildman–Crippen LogP) is 4.40. The third-order valence-electron chi connectivity index (χ3n) is 2.28. The van der Waals surface area contributed by atoms with Crippen LogP contribution in [0.4, 0.5) is 0 Å². The van der Waals surface area contributed by atoms with Gasteiger partial charge in [0.15, 0.2) is 3.92 Å². The number of nitrogens with zero attached hydrogens (tertiary/aromatic N) is 1. The number of fused-ring (bicyclic) bond motifs is 1. The number of thiazole rings is 1. The maximum Gasteiger partial charge on any atom is 0.160 e. The lowest BCUT2D eigenvalue weighted by Gasteiger charge is -1.99. The molecule has 0 saturated carbocycles. The standard InChI is InChI=1S/C11H12BrNS/c1-2-3-5-8-6-4-7-9-10(8)13-11(12)14-9/h4,6-7H,2-3,5H2,1H3. The third-order valence-corrected chi connectivity index (χ3v) is 3.75. The molecule has 3 heteroatoms. The molecule has 0 aliphatic rings. The van der Waals surface area contributed by atoms with Gasteiger partial charge in [-0.25, -0.2) is 4.98 Å². The summed E-state index contributed by atoms with van der Waals surface area (Å²) in [5.41, 5.74) is 2.56. The maximum atomic E-state index is 4.50. The van der Waals surface area contributed by atoms with Gasteiger partial charge in [0, 0.05) is 0 Å². The van der Waals surface area contributed by atoms with Crippen LogP contribution >= 0.6 is 27.3 Å². The molecule has 0 unspecified atom stereocenters. The van der Waals surface area contributed by atoms with Crippen LogP contribution < -0.4 is 0 Å². The number of unbranched alkanes of at least 4 members (excludes halogenated alkanes) is 1. The van der Waals surface area contributed by atoms with Crippen LogP contribution in [-0.2, 0) is 6.42 Å². The summed E-state index contributed by atoms with van der Waals surface area (Å²) in [6.07, 6.45) is 3.62. The van der Waals surface area contributed by atoms with E-state index in [1.807, 2.05) is 0 Å². The van der Waals surface area contributed by atoms with E-state index in [-0.39, 0.29) is 0 Å². The largest absolute Gasteiger partial charge is 0.229 e. The van der Waals surface area contributed by atoms with Gasteiger partial charge in [0.05, 0.1) is 10.2 Å². The first-order valence-corrected chi connectivity index (χ1v) is 6.46. The fourth-order valence-corrected chi connectivity index (χ4v) is 2.99. The molecule has 1 aromatic carbocycles. The van der Waals surface area contributed by atoms with Crippen molar-refractivity contribution in [2.24, 2.45) is 0 Å². The zero-order valence-electron chi connectivity index (χ0n) is 8.09. The zero-order valence-corrected chi connectivity index (χ0v) is 10.5. The number of rotatable bonds is 3. The Morgan fingerprint density at radius 1 is 1.43 bits per heavy atom. The first-order chi connectivity index (χ1) is 6.81. The molecule has 0 amide bonds. The predicted molar refractivity (Wildman–Crippen MR) is 65.9 cm³/mol. The molecule has 0 fully saturated rings. The van der Waals surface area contributed by atoms with Crippen molar-refractivity contribution >= 4 is 37.5 Å². The van der Waals surface area contributed by atoms with Gasteiger partial charge in [-0.3, -0.25) is 0 Å². The Morgan fingerprint density at radius 3 is 3.07 bits per heavy atom. The van der Waals surface area contributed by atoms with E-state index in [0.29, 0.717) is 0 Å². The van der Waals surface area contributed by atoms with Gasteiger partial charge in [0.1, 0.15) is 0 Å². The van der Waals surface area contributed by atoms with Gasteiger partial charge >= 0.3 is 0 Å². The van der Waals surface area contributed by atoms with E-state index >= 15 is 0 Å². The summed E-state index contributed by atoms with van der Waals surface area (Å²) in [4.78, 5) is 4.50. The lowest BCUT2D eigenvalue weighted by atomic mass is 10.1. The summed E-state index contributed by atoms with van der Waals surface area (Å²) < 4.78 is 2.27. The molecule has 2 rings (SSSR count). The van der Waals surface area contributed by atoms with Crippen LogP contribution in [0, 0.1) is 0 Å². The Bertz CT molecular complexity index is 436. The van der Waals surface area contributed by atoms with Gasteiger partial charge in [0.2, 0.25) is 0 Å². The van der Waals surface area contributed by atoms with Gasteiger partial charge in [0.25, 0.3) is 0 Å². The van der Waals surface area contributed by atoms with Crippen molar-refractivity contribution in [3.8, 4) is 0 Å². The van der Waals surface area contributed by atoms with Crippen molar-refractivity contribution in [1.29, 1.82) is 0 Å². The number of aromatic nitrogens is 1. The molecular weight excluding hydrogens is 258 g/mol. The minimum atomic E-state index is 0.983. The Hall–Kier alpha value is -0.410. The second-order valence-electron chi connectivity index (χ2n) is 3.33. The van der Waals surface area contributed by atoms with E-state index in [2.05, 4.69) is 46.0 Å². The summed E-state index contributed by atoms with van der Waals surface area (Å²) in [5, 5.41) is 0. The molecule has 74 valence electrons. The molecule has 0 bridgehead atoms. The van der Waals surface area contributed by atoms with Crippen LogP contribution in [0.5, 0.6) is 0 Å². The van der Waals surface area contributed by atoms with Gasteiger partial charge in [-0.15, -0.1) is 11.3 Å². The molecule has 0 atom stereocenters. The van der Waals surface area contributed by atoms with Crippen LogP contribution in [0.25, 0.3) is 10.2 Å². The minimum Gasteiger partial charge on any atom is -0.229 e. The van der Waals surface area contributed by atoms with E-state index < -0.39 is 0 Å². The molecule has 0 aliphatic carbocycles. The summed E-state index contributed by atoms with van der Waals surface area (Å²) >= 11 is 5.14. The molecule has 14 heavy (non-hydrogen) atoms. The quantitative estimate of drug-likeness (QED) is 0.805. The van der Waals surface area contributed by atoms with Gasteiger partial charge in [-0.1, -0.05) is 25.5 Å². The van der Waals surface area contributed by atoms with Crippen LogP contribution in [0.3, 0.4) is 0 Å². The van der Waals surface area contributed by atoms with Crippen molar-refractivity contribution < 1.29 is 0 Å². The molecule has 0 aliphatic heterocycles. The summed E-state index contributed by atoms with van der Waals surface area (Å²) in [5.74, 6) is 0. The Balaban J connectivity index is 2.42. The SMILES string of the molecule is CCCCc1cccc2sc(Br)nc12. The molecule has 2 aromatic rings. The second-order valence-corrected chi connectivity index (χ2v) is 5.64. The lowest BCUT2D eigenvalue weighted by molar-refractivity contribution is 0.798. The highest BCUT2D eigenvalue weighted by Crippen LogP contribution is 2.28. The molecule has 0 saturated heterocycles. The summed E-state index contributed by atoms with van der Waals surface area (Å²) in [6.45, 7) is 2.22. The summed E-state index contributed by atoms with van der Waals surface area (Å²) in [6, 6.07) is 6.44. The van der Waals surface area contributed by atoms with Crippen LogP contribution in [0.1, 0.15) is 25.3 Å². The van der Waals surface area contributed by atoms with Crippen LogP contribution in [-0.4, -0.2) is 4.98 Å². The van der Waals surface area contributed by atoms with E-state index in [1.54, 1.807) is 11.3 Å². The Morgan fingerprint density at radius 2 is 2.29 bits per heavy atom. The van der Waals surface area contributed by atoms with Crippen molar-refractivity contribution in [2.75, 3.05) is 0 Å². The Kier molecular flexibility index (Phi) is 3.19. The van der Waals surface area contributed by atoms with Crippen molar-refractivity contribution in [2.45, 2.75) is 26.2 Å². The zero-order chi connectivity index (χ0) is 9.97. The molecule has 1 nitrogen and oxygen atoms in total. The summed E-state index contributed by atoms with van der Waals surface area (Å²) in [7, 11) is 0. The van der Waals surface area contributed by atoms with Crippen LogP contribution in [0.15, 0.2) is 22.1 Å². The number of para-hydroxylation sites is 1. The fourth-order valence-electron chi connectivity index (χ4n) is 1.55. The topological polar surface area (TPSA) is 12.9 Å². The first kappa shape index (κ1) is 10.1. The monoisotopic (exact) mass is 269 g/mol. The van der Waals surface area contributed by atoms with Crippen molar-refractivity contribution in [3.63, 3.8) is 0 Å². The Labute approximate surface area is 96.3 Å². The average molecular weight is 270 g/mol. The van der Waals surface area contributed by atoms with E-state index in [0.717, 1.165) is 10.3 Å². The van der Waals surface area contributed by atoms with Gasteiger partial charge in [-0.05, 0) is 40.4 Å². The number of hydrogen-bond acceptors (Lipinski definition) is 2. The number of hydrogen-bond donors (Lipinski definition) is 0. The molecule has 0 spiro atoms. The second kappa shape index (κ2) is 4.41. The van der Waals surface area contributed by atoms with Crippen molar-refractivity contribution in [3.05, 3.63) is 27.7 Å². The highest BCUT2D eigenvalue weighted by Gasteiger charge is 2.05. The first-order valence-electron chi connectivity index (χ1n) is 4.85. The van der Waals surface area contributed by atoms with Crippen molar-refractivity contribution in [1.82, 2.24) is 4.98 Å². The fraction of sp³-hybridized carbons (Fsp3) is 0.364. The maximum absolute atomic E-state index is 4.50. The highest BCUT2D eigenvalue weighted by atomic mass is 79.9. The number of aryl methyl sites for hydroxylation is 1. The number of benzene rings is 1. The third kappa shape index (κ3) is 1.98.